The molecule has 27 heavy (non-hydrogen) atoms. The monoisotopic (exact) mass is 356 g/mol. The third-order valence-corrected chi connectivity index (χ3v) is 5.02. The molecule has 3 aromatic carbocycles. The van der Waals surface area contributed by atoms with Crippen LogP contribution in [0.5, 0.6) is 5.75 Å². The Kier molecular flexibility index (Phi) is 6.13. The van der Waals surface area contributed by atoms with Crippen LogP contribution in [0.15, 0.2) is 78.9 Å². The fourth-order valence-electron chi connectivity index (χ4n) is 3.43. The number of fused-ring (bicyclic) bond motifs is 1. The molecule has 0 aliphatic carbocycles. The number of aromatic hydroxyl groups is 1. The standard InChI is InChI=1S/C26H28O/c1-4-7-25-17-21(12-15-26(25)27)16-19(2)10-11-20(3)23-14-13-22-8-5-6-9-24(22)18-23/h5-6,8-9,11-15,17-18,27H,2,4,7,10,16H2,1,3H3/b20-11+. The molecule has 138 valence electrons. The fraction of sp³-hybridized carbons (Fsp3) is 0.231. The molecule has 0 aliphatic heterocycles. The van der Waals surface area contributed by atoms with Crippen LogP contribution in [0.1, 0.15) is 43.4 Å². The van der Waals surface area contributed by atoms with Gasteiger partial charge in [-0.05, 0) is 71.4 Å². The van der Waals surface area contributed by atoms with Gasteiger partial charge in [0, 0.05) is 0 Å². The third kappa shape index (κ3) is 4.89. The molecular formula is C26H28O. The van der Waals surface area contributed by atoms with E-state index in [2.05, 4.69) is 75.0 Å². The number of aryl methyl sites for hydroxylation is 1. The van der Waals surface area contributed by atoms with Crippen LogP contribution in [0.3, 0.4) is 0 Å². The maximum absolute atomic E-state index is 9.95. The van der Waals surface area contributed by atoms with Crippen molar-refractivity contribution in [2.24, 2.45) is 0 Å². The number of rotatable bonds is 7. The summed E-state index contributed by atoms with van der Waals surface area (Å²) in [5.74, 6) is 0.401. The zero-order valence-electron chi connectivity index (χ0n) is 16.3. The highest BCUT2D eigenvalue weighted by molar-refractivity contribution is 5.86. The van der Waals surface area contributed by atoms with Gasteiger partial charge in [0.15, 0.2) is 0 Å². The minimum atomic E-state index is 0.401. The summed E-state index contributed by atoms with van der Waals surface area (Å²) >= 11 is 0. The van der Waals surface area contributed by atoms with E-state index in [-0.39, 0.29) is 0 Å². The van der Waals surface area contributed by atoms with Crippen molar-refractivity contribution in [2.45, 2.75) is 39.5 Å². The highest BCUT2D eigenvalue weighted by atomic mass is 16.3. The van der Waals surface area contributed by atoms with Crippen LogP contribution in [0.2, 0.25) is 0 Å². The summed E-state index contributed by atoms with van der Waals surface area (Å²) in [5, 5.41) is 12.5. The lowest BCUT2D eigenvalue weighted by atomic mass is 9.97. The summed E-state index contributed by atoms with van der Waals surface area (Å²) in [4.78, 5) is 0. The van der Waals surface area contributed by atoms with Crippen LogP contribution >= 0.6 is 0 Å². The van der Waals surface area contributed by atoms with Crippen LogP contribution in [-0.2, 0) is 12.8 Å². The predicted molar refractivity (Wildman–Crippen MR) is 117 cm³/mol. The molecule has 0 radical (unpaired) electrons. The maximum Gasteiger partial charge on any atom is 0.118 e. The molecule has 0 amide bonds. The molecule has 3 rings (SSSR count). The number of benzene rings is 3. The van der Waals surface area contributed by atoms with Crippen LogP contribution in [-0.4, -0.2) is 5.11 Å². The Morgan fingerprint density at radius 2 is 1.78 bits per heavy atom. The molecule has 1 N–H and O–H groups in total. The summed E-state index contributed by atoms with van der Waals surface area (Å²) in [6.07, 6.45) is 5.92. The number of allylic oxidation sites excluding steroid dienone is 3. The summed E-state index contributed by atoms with van der Waals surface area (Å²) < 4.78 is 0. The van der Waals surface area contributed by atoms with E-state index in [0.717, 1.165) is 31.2 Å². The first-order valence-electron chi connectivity index (χ1n) is 9.70. The van der Waals surface area contributed by atoms with Crippen LogP contribution in [0.25, 0.3) is 16.3 Å². The Hall–Kier alpha value is -2.80. The van der Waals surface area contributed by atoms with Gasteiger partial charge in [0.2, 0.25) is 0 Å². The second-order valence-corrected chi connectivity index (χ2v) is 7.29. The number of hydrogen-bond donors (Lipinski definition) is 1. The Morgan fingerprint density at radius 3 is 2.56 bits per heavy atom. The van der Waals surface area contributed by atoms with Crippen molar-refractivity contribution in [1.82, 2.24) is 0 Å². The number of phenolic OH excluding ortho intramolecular Hbond substituents is 1. The zero-order valence-corrected chi connectivity index (χ0v) is 16.3. The molecule has 0 heterocycles. The van der Waals surface area contributed by atoms with Crippen molar-refractivity contribution >= 4 is 16.3 Å². The predicted octanol–water partition coefficient (Wildman–Crippen LogP) is 7.09. The molecule has 0 spiro atoms. The zero-order chi connectivity index (χ0) is 19.2. The van der Waals surface area contributed by atoms with Crippen molar-refractivity contribution in [1.29, 1.82) is 0 Å². The van der Waals surface area contributed by atoms with E-state index >= 15 is 0 Å². The molecule has 3 aromatic rings. The summed E-state index contributed by atoms with van der Waals surface area (Å²) in [5.41, 5.74) is 5.97. The first-order valence-corrected chi connectivity index (χ1v) is 9.70. The smallest absolute Gasteiger partial charge is 0.118 e. The first-order chi connectivity index (χ1) is 13.1. The molecule has 0 fully saturated rings. The molecule has 1 heteroatoms. The SMILES string of the molecule is C=C(C/C=C(\C)c1ccc2ccccc2c1)Cc1ccc(O)c(CCC)c1. The van der Waals surface area contributed by atoms with E-state index in [1.54, 1.807) is 0 Å². The molecule has 1 nitrogen and oxygen atoms in total. The Morgan fingerprint density at radius 1 is 1.00 bits per heavy atom. The second kappa shape index (κ2) is 8.73. The highest BCUT2D eigenvalue weighted by Crippen LogP contribution is 2.24. The molecule has 0 bridgehead atoms. The first kappa shape index (κ1) is 19.0. The van der Waals surface area contributed by atoms with Gasteiger partial charge in [-0.15, -0.1) is 0 Å². The van der Waals surface area contributed by atoms with Crippen molar-refractivity contribution in [3.8, 4) is 5.75 Å². The van der Waals surface area contributed by atoms with Gasteiger partial charge in [0.05, 0.1) is 0 Å². The van der Waals surface area contributed by atoms with Gasteiger partial charge in [0.1, 0.15) is 5.75 Å². The second-order valence-electron chi connectivity index (χ2n) is 7.29. The van der Waals surface area contributed by atoms with E-state index in [1.165, 1.54) is 33.0 Å². The summed E-state index contributed by atoms with van der Waals surface area (Å²) in [6, 6.07) is 21.0. The quantitative estimate of drug-likeness (QED) is 0.448. The minimum absolute atomic E-state index is 0.401. The molecule has 0 saturated carbocycles. The van der Waals surface area contributed by atoms with Gasteiger partial charge in [0.25, 0.3) is 0 Å². The molecule has 0 atom stereocenters. The average molecular weight is 357 g/mol. The summed E-state index contributed by atoms with van der Waals surface area (Å²) in [6.45, 7) is 8.55. The van der Waals surface area contributed by atoms with Crippen LogP contribution in [0, 0.1) is 0 Å². The van der Waals surface area contributed by atoms with Crippen molar-refractivity contribution in [3.63, 3.8) is 0 Å². The van der Waals surface area contributed by atoms with E-state index in [4.69, 9.17) is 0 Å². The Bertz CT molecular complexity index is 978. The third-order valence-electron chi connectivity index (χ3n) is 5.02. The number of hydrogen-bond acceptors (Lipinski definition) is 1. The largest absolute Gasteiger partial charge is 0.508 e. The van der Waals surface area contributed by atoms with Crippen molar-refractivity contribution < 1.29 is 5.11 Å². The summed E-state index contributed by atoms with van der Waals surface area (Å²) in [7, 11) is 0. The molecule has 0 saturated heterocycles. The lowest BCUT2D eigenvalue weighted by Gasteiger charge is -2.09. The lowest BCUT2D eigenvalue weighted by Crippen LogP contribution is -1.92. The Balaban J connectivity index is 1.67. The number of phenols is 1. The average Bonchev–Trinajstić information content (AvgIpc) is 2.68. The van der Waals surface area contributed by atoms with E-state index < -0.39 is 0 Å². The van der Waals surface area contributed by atoms with Gasteiger partial charge in [-0.2, -0.15) is 0 Å². The molecule has 0 aliphatic rings. The highest BCUT2D eigenvalue weighted by Gasteiger charge is 2.04. The van der Waals surface area contributed by atoms with Gasteiger partial charge in [-0.25, -0.2) is 0 Å². The van der Waals surface area contributed by atoms with Gasteiger partial charge in [-0.3, -0.25) is 0 Å². The molecule has 0 unspecified atom stereocenters. The fourth-order valence-corrected chi connectivity index (χ4v) is 3.43. The van der Waals surface area contributed by atoms with Gasteiger partial charge >= 0.3 is 0 Å². The normalized spacial score (nSPS) is 11.7. The van der Waals surface area contributed by atoms with Gasteiger partial charge < -0.3 is 5.11 Å². The van der Waals surface area contributed by atoms with E-state index in [1.807, 2.05) is 12.1 Å². The lowest BCUT2D eigenvalue weighted by molar-refractivity contribution is 0.467. The van der Waals surface area contributed by atoms with Crippen molar-refractivity contribution in [2.75, 3.05) is 0 Å². The van der Waals surface area contributed by atoms with E-state index in [9.17, 15) is 5.11 Å². The van der Waals surface area contributed by atoms with E-state index in [0.29, 0.717) is 5.75 Å². The maximum atomic E-state index is 9.95. The minimum Gasteiger partial charge on any atom is -0.508 e. The molecular weight excluding hydrogens is 328 g/mol. The van der Waals surface area contributed by atoms with Gasteiger partial charge in [-0.1, -0.05) is 80.1 Å². The Labute approximate surface area is 162 Å². The van der Waals surface area contributed by atoms with Crippen LogP contribution in [0.4, 0.5) is 0 Å². The van der Waals surface area contributed by atoms with Crippen molar-refractivity contribution in [3.05, 3.63) is 95.6 Å². The topological polar surface area (TPSA) is 20.2 Å². The molecule has 0 aromatic heterocycles. The van der Waals surface area contributed by atoms with Crippen LogP contribution < -0.4 is 0 Å².